The van der Waals surface area contributed by atoms with E-state index in [0.717, 1.165) is 5.56 Å². The predicted molar refractivity (Wildman–Crippen MR) is 67.4 cm³/mol. The van der Waals surface area contributed by atoms with Gasteiger partial charge in [-0.05, 0) is 30.7 Å². The normalized spacial score (nSPS) is 10.8. The highest BCUT2D eigenvalue weighted by Gasteiger charge is 2.06. The van der Waals surface area contributed by atoms with Crippen molar-refractivity contribution in [3.8, 4) is 0 Å². The topological polar surface area (TPSA) is 42.2 Å². The zero-order valence-corrected chi connectivity index (χ0v) is 9.76. The number of hydrogen-bond acceptors (Lipinski definition) is 3. The number of benzene rings is 1. The molecule has 0 spiro atoms. The molecule has 0 radical (unpaired) electrons. The molecule has 0 bridgehead atoms. The molecule has 18 heavy (non-hydrogen) atoms. The summed E-state index contributed by atoms with van der Waals surface area (Å²) >= 11 is 0. The summed E-state index contributed by atoms with van der Waals surface area (Å²) in [7, 11) is 0. The van der Waals surface area contributed by atoms with Crippen LogP contribution in [0, 0.1) is 12.7 Å². The van der Waals surface area contributed by atoms with Gasteiger partial charge in [-0.2, -0.15) is 9.61 Å². The monoisotopic (exact) mass is 242 g/mol. The summed E-state index contributed by atoms with van der Waals surface area (Å²) in [5, 5.41) is 7.16. The summed E-state index contributed by atoms with van der Waals surface area (Å²) in [6.45, 7) is 1.92. The fourth-order valence-electron chi connectivity index (χ4n) is 1.80. The van der Waals surface area contributed by atoms with E-state index in [-0.39, 0.29) is 5.82 Å². The maximum Gasteiger partial charge on any atom is 0.157 e. The van der Waals surface area contributed by atoms with Gasteiger partial charge in [0.1, 0.15) is 11.6 Å². The third-order valence-electron chi connectivity index (χ3n) is 2.67. The standard InChI is InChI=1S/C13H11FN4/c1-9-2-3-10(14)11(8-9)17-13-4-6-15-12-5-7-16-18(12)13/h2-8,17H,1H3. The lowest BCUT2D eigenvalue weighted by molar-refractivity contribution is 0.631. The molecule has 0 saturated heterocycles. The summed E-state index contributed by atoms with van der Waals surface area (Å²) < 4.78 is 15.3. The van der Waals surface area contributed by atoms with Crippen molar-refractivity contribution in [1.29, 1.82) is 0 Å². The Morgan fingerprint density at radius 2 is 2.06 bits per heavy atom. The van der Waals surface area contributed by atoms with E-state index < -0.39 is 0 Å². The molecule has 0 fully saturated rings. The van der Waals surface area contributed by atoms with Crippen molar-refractivity contribution >= 4 is 17.2 Å². The lowest BCUT2D eigenvalue weighted by Crippen LogP contribution is -2.02. The Morgan fingerprint density at radius 1 is 1.17 bits per heavy atom. The largest absolute Gasteiger partial charge is 0.338 e. The highest BCUT2D eigenvalue weighted by molar-refractivity contribution is 5.60. The molecular formula is C13H11FN4. The highest BCUT2D eigenvalue weighted by Crippen LogP contribution is 2.21. The molecule has 0 aliphatic heterocycles. The third kappa shape index (κ3) is 1.79. The number of hydrogen-bond donors (Lipinski definition) is 1. The number of anilines is 2. The van der Waals surface area contributed by atoms with Crippen molar-refractivity contribution < 1.29 is 4.39 Å². The number of rotatable bonds is 2. The van der Waals surface area contributed by atoms with Gasteiger partial charge in [-0.3, -0.25) is 0 Å². The molecule has 3 rings (SSSR count). The molecule has 90 valence electrons. The van der Waals surface area contributed by atoms with Gasteiger partial charge in [0, 0.05) is 12.3 Å². The van der Waals surface area contributed by atoms with E-state index in [1.165, 1.54) is 6.07 Å². The quantitative estimate of drug-likeness (QED) is 0.751. The molecule has 2 heterocycles. The highest BCUT2D eigenvalue weighted by atomic mass is 19.1. The number of nitrogens with zero attached hydrogens (tertiary/aromatic N) is 3. The minimum atomic E-state index is -0.294. The minimum Gasteiger partial charge on any atom is -0.338 e. The lowest BCUT2D eigenvalue weighted by Gasteiger charge is -2.09. The molecular weight excluding hydrogens is 231 g/mol. The van der Waals surface area contributed by atoms with Crippen molar-refractivity contribution in [3.05, 3.63) is 54.1 Å². The fourth-order valence-corrected chi connectivity index (χ4v) is 1.80. The van der Waals surface area contributed by atoms with Crippen molar-refractivity contribution in [2.45, 2.75) is 6.92 Å². The Kier molecular flexibility index (Phi) is 2.44. The van der Waals surface area contributed by atoms with Crippen molar-refractivity contribution in [3.63, 3.8) is 0 Å². The summed E-state index contributed by atoms with van der Waals surface area (Å²) in [6, 6.07) is 8.47. The Morgan fingerprint density at radius 3 is 2.94 bits per heavy atom. The molecule has 1 aromatic carbocycles. The first kappa shape index (κ1) is 10.7. The van der Waals surface area contributed by atoms with Crippen LogP contribution in [0.4, 0.5) is 15.9 Å². The van der Waals surface area contributed by atoms with E-state index in [2.05, 4.69) is 15.4 Å². The molecule has 1 N–H and O–H groups in total. The Hall–Kier alpha value is -2.43. The molecule has 0 atom stereocenters. The van der Waals surface area contributed by atoms with Crippen LogP contribution >= 0.6 is 0 Å². The van der Waals surface area contributed by atoms with E-state index in [1.807, 2.05) is 6.92 Å². The Balaban J connectivity index is 2.06. The van der Waals surface area contributed by atoms with Gasteiger partial charge in [0.05, 0.1) is 11.9 Å². The molecule has 0 saturated carbocycles. The SMILES string of the molecule is Cc1ccc(F)c(Nc2ccnc3ccnn23)c1. The summed E-state index contributed by atoms with van der Waals surface area (Å²) in [6.07, 6.45) is 3.31. The van der Waals surface area contributed by atoms with E-state index in [9.17, 15) is 4.39 Å². The van der Waals surface area contributed by atoms with Crippen LogP contribution in [-0.2, 0) is 0 Å². The maximum absolute atomic E-state index is 13.7. The van der Waals surface area contributed by atoms with E-state index >= 15 is 0 Å². The predicted octanol–water partition coefficient (Wildman–Crippen LogP) is 2.92. The zero-order valence-electron chi connectivity index (χ0n) is 9.76. The van der Waals surface area contributed by atoms with Gasteiger partial charge in [0.25, 0.3) is 0 Å². The zero-order chi connectivity index (χ0) is 12.5. The molecule has 4 nitrogen and oxygen atoms in total. The molecule has 2 aromatic heterocycles. The summed E-state index contributed by atoms with van der Waals surface area (Å²) in [5.41, 5.74) is 2.13. The number of aryl methyl sites for hydroxylation is 1. The second-order valence-corrected chi connectivity index (χ2v) is 4.04. The fraction of sp³-hybridized carbons (Fsp3) is 0.0769. The van der Waals surface area contributed by atoms with Crippen LogP contribution in [0.5, 0.6) is 0 Å². The molecule has 0 amide bonds. The van der Waals surface area contributed by atoms with Crippen LogP contribution in [0.25, 0.3) is 5.65 Å². The van der Waals surface area contributed by atoms with Gasteiger partial charge in [-0.25, -0.2) is 9.37 Å². The molecule has 5 heteroatoms. The van der Waals surface area contributed by atoms with E-state index in [4.69, 9.17) is 0 Å². The van der Waals surface area contributed by atoms with Crippen molar-refractivity contribution in [2.24, 2.45) is 0 Å². The van der Waals surface area contributed by atoms with Gasteiger partial charge < -0.3 is 5.32 Å². The first-order chi connectivity index (χ1) is 8.74. The van der Waals surface area contributed by atoms with Gasteiger partial charge >= 0.3 is 0 Å². The molecule has 3 aromatic rings. The first-order valence-electron chi connectivity index (χ1n) is 5.56. The second-order valence-electron chi connectivity index (χ2n) is 4.04. The second kappa shape index (κ2) is 4.10. The van der Waals surface area contributed by atoms with Gasteiger partial charge in [0.15, 0.2) is 5.65 Å². The Bertz CT molecular complexity index is 705. The lowest BCUT2D eigenvalue weighted by atomic mass is 10.2. The van der Waals surface area contributed by atoms with Crippen LogP contribution in [-0.4, -0.2) is 14.6 Å². The summed E-state index contributed by atoms with van der Waals surface area (Å²) in [5.74, 6) is 0.382. The van der Waals surface area contributed by atoms with E-state index in [1.54, 1.807) is 41.2 Å². The van der Waals surface area contributed by atoms with Crippen LogP contribution in [0.15, 0.2) is 42.7 Å². The van der Waals surface area contributed by atoms with Crippen molar-refractivity contribution in [2.75, 3.05) is 5.32 Å². The number of halogens is 1. The number of nitrogens with one attached hydrogen (secondary N) is 1. The first-order valence-corrected chi connectivity index (χ1v) is 5.56. The van der Waals surface area contributed by atoms with Crippen LogP contribution in [0.3, 0.4) is 0 Å². The third-order valence-corrected chi connectivity index (χ3v) is 2.67. The number of fused-ring (bicyclic) bond motifs is 1. The van der Waals surface area contributed by atoms with Crippen molar-refractivity contribution in [1.82, 2.24) is 14.6 Å². The van der Waals surface area contributed by atoms with Crippen LogP contribution < -0.4 is 5.32 Å². The van der Waals surface area contributed by atoms with Gasteiger partial charge in [-0.1, -0.05) is 6.07 Å². The molecule has 0 unspecified atom stereocenters. The van der Waals surface area contributed by atoms with Gasteiger partial charge in [-0.15, -0.1) is 0 Å². The molecule has 0 aliphatic rings. The van der Waals surface area contributed by atoms with Crippen LogP contribution in [0.1, 0.15) is 5.56 Å². The molecule has 0 aliphatic carbocycles. The maximum atomic E-state index is 13.7. The minimum absolute atomic E-state index is 0.294. The Labute approximate surface area is 103 Å². The smallest absolute Gasteiger partial charge is 0.157 e. The average Bonchev–Trinajstić information content (AvgIpc) is 2.83. The van der Waals surface area contributed by atoms with Crippen LogP contribution in [0.2, 0.25) is 0 Å². The van der Waals surface area contributed by atoms with Gasteiger partial charge in [0.2, 0.25) is 0 Å². The average molecular weight is 242 g/mol. The number of aromatic nitrogens is 3. The van der Waals surface area contributed by atoms with E-state index in [0.29, 0.717) is 17.2 Å². The summed E-state index contributed by atoms with van der Waals surface area (Å²) in [4.78, 5) is 4.15.